The molecule has 0 saturated carbocycles. The van der Waals surface area contributed by atoms with E-state index in [-0.39, 0.29) is 11.5 Å². The van der Waals surface area contributed by atoms with Crippen LogP contribution in [0.4, 0.5) is 11.4 Å². The molecule has 134 valence electrons. The zero-order valence-corrected chi connectivity index (χ0v) is 15.2. The van der Waals surface area contributed by atoms with Crippen molar-refractivity contribution in [1.82, 2.24) is 0 Å². The first-order valence-electron chi connectivity index (χ1n) is 8.71. The lowest BCUT2D eigenvalue weighted by Gasteiger charge is -2.21. The van der Waals surface area contributed by atoms with Gasteiger partial charge in [-0.2, -0.15) is 0 Å². The minimum atomic E-state index is -0.623. The Morgan fingerprint density at radius 2 is 1.65 bits per heavy atom. The number of rotatable bonds is 5. The average molecular weight is 350 g/mol. The zero-order valence-electron chi connectivity index (χ0n) is 15.2. The molecule has 0 bridgehead atoms. The Kier molecular flexibility index (Phi) is 5.07. The van der Waals surface area contributed by atoms with E-state index in [9.17, 15) is 9.59 Å². The van der Waals surface area contributed by atoms with Gasteiger partial charge in [-0.1, -0.05) is 18.2 Å². The fourth-order valence-electron chi connectivity index (χ4n) is 2.98. The van der Waals surface area contributed by atoms with E-state index in [0.29, 0.717) is 11.3 Å². The molecule has 1 heterocycles. The lowest BCUT2D eigenvalue weighted by Crippen LogP contribution is -2.30. The summed E-state index contributed by atoms with van der Waals surface area (Å²) in [6.07, 6.45) is 0. The van der Waals surface area contributed by atoms with Crippen molar-refractivity contribution in [2.45, 2.75) is 13.8 Å². The van der Waals surface area contributed by atoms with Crippen molar-refractivity contribution in [2.75, 3.05) is 29.9 Å². The van der Waals surface area contributed by atoms with Gasteiger partial charge in [0.2, 0.25) is 0 Å². The first-order chi connectivity index (χ1) is 12.5. The van der Waals surface area contributed by atoms with E-state index in [1.54, 1.807) is 13.1 Å². The number of carbonyl (C=O) groups excluding carboxylic acids is 1. The van der Waals surface area contributed by atoms with Gasteiger partial charge in [0.05, 0.1) is 0 Å². The normalized spacial score (nSPS) is 10.7. The van der Waals surface area contributed by atoms with Gasteiger partial charge in [0.1, 0.15) is 11.1 Å². The summed E-state index contributed by atoms with van der Waals surface area (Å²) in [4.78, 5) is 28.8. The van der Waals surface area contributed by atoms with Gasteiger partial charge in [0.15, 0.2) is 0 Å². The summed E-state index contributed by atoms with van der Waals surface area (Å²) in [6.45, 7) is 5.88. The predicted molar refractivity (Wildman–Crippen MR) is 105 cm³/mol. The molecule has 2 aromatic carbocycles. The van der Waals surface area contributed by atoms with E-state index in [1.807, 2.05) is 48.5 Å². The predicted octanol–water partition coefficient (Wildman–Crippen LogP) is 3.92. The van der Waals surface area contributed by atoms with E-state index in [1.165, 1.54) is 4.90 Å². The maximum absolute atomic E-state index is 12.7. The van der Waals surface area contributed by atoms with Crippen LogP contribution in [0.5, 0.6) is 0 Å². The van der Waals surface area contributed by atoms with Crippen LogP contribution in [-0.4, -0.2) is 26.0 Å². The van der Waals surface area contributed by atoms with E-state index in [0.717, 1.165) is 24.2 Å². The zero-order chi connectivity index (χ0) is 18.7. The Hall–Kier alpha value is -3.08. The molecule has 0 atom stereocenters. The molecule has 5 heteroatoms. The molecular formula is C21H22N2O3. The average Bonchev–Trinajstić information content (AvgIpc) is 2.68. The third-order valence-electron chi connectivity index (χ3n) is 4.53. The van der Waals surface area contributed by atoms with Gasteiger partial charge < -0.3 is 14.2 Å². The van der Waals surface area contributed by atoms with Crippen molar-refractivity contribution < 1.29 is 9.21 Å². The van der Waals surface area contributed by atoms with Crippen molar-refractivity contribution in [3.63, 3.8) is 0 Å². The van der Waals surface area contributed by atoms with Crippen LogP contribution in [0.25, 0.3) is 11.0 Å². The Labute approximate surface area is 152 Å². The summed E-state index contributed by atoms with van der Waals surface area (Å²) in [7, 11) is 1.64. The van der Waals surface area contributed by atoms with Crippen LogP contribution in [0, 0.1) is 0 Å². The highest BCUT2D eigenvalue weighted by molar-refractivity contribution is 6.06. The number of para-hydroxylation sites is 1. The van der Waals surface area contributed by atoms with Gasteiger partial charge in [-0.05, 0) is 44.2 Å². The minimum absolute atomic E-state index is 0.0273. The van der Waals surface area contributed by atoms with Gasteiger partial charge in [0, 0.05) is 43.0 Å². The molecule has 1 amide bonds. The Morgan fingerprint density at radius 3 is 2.31 bits per heavy atom. The maximum Gasteiger partial charge on any atom is 0.349 e. The van der Waals surface area contributed by atoms with Crippen LogP contribution in [0.15, 0.2) is 63.8 Å². The molecule has 0 aliphatic heterocycles. The third kappa shape index (κ3) is 3.33. The van der Waals surface area contributed by atoms with Crippen molar-refractivity contribution in [1.29, 1.82) is 0 Å². The molecule has 0 radical (unpaired) electrons. The maximum atomic E-state index is 12.7. The van der Waals surface area contributed by atoms with Crippen LogP contribution in [-0.2, 0) is 0 Å². The molecule has 0 N–H and O–H groups in total. The topological polar surface area (TPSA) is 53.8 Å². The second-order valence-electron chi connectivity index (χ2n) is 6.04. The number of amides is 1. The number of hydrogen-bond acceptors (Lipinski definition) is 4. The third-order valence-corrected chi connectivity index (χ3v) is 4.53. The highest BCUT2D eigenvalue weighted by Crippen LogP contribution is 2.23. The fourth-order valence-corrected chi connectivity index (χ4v) is 2.98. The number of anilines is 2. The van der Waals surface area contributed by atoms with E-state index >= 15 is 0 Å². The van der Waals surface area contributed by atoms with Crippen LogP contribution in [0.2, 0.25) is 0 Å². The summed E-state index contributed by atoms with van der Waals surface area (Å²) in [5, 5.41) is 0.727. The Balaban J connectivity index is 2.00. The molecule has 0 unspecified atom stereocenters. The smallest absolute Gasteiger partial charge is 0.349 e. The van der Waals surface area contributed by atoms with Crippen LogP contribution >= 0.6 is 0 Å². The summed E-state index contributed by atoms with van der Waals surface area (Å²) in [5.74, 6) is -0.389. The second kappa shape index (κ2) is 7.44. The minimum Gasteiger partial charge on any atom is -0.422 e. The lowest BCUT2D eigenvalue weighted by atomic mass is 10.1. The van der Waals surface area contributed by atoms with Gasteiger partial charge in [0.25, 0.3) is 5.91 Å². The Bertz CT molecular complexity index is 975. The largest absolute Gasteiger partial charge is 0.422 e. The van der Waals surface area contributed by atoms with E-state index < -0.39 is 5.63 Å². The van der Waals surface area contributed by atoms with Crippen LogP contribution < -0.4 is 15.4 Å². The Morgan fingerprint density at radius 1 is 0.962 bits per heavy atom. The molecule has 3 rings (SSSR count). The second-order valence-corrected chi connectivity index (χ2v) is 6.04. The SMILES string of the molecule is CCN(CC)c1ccc2cc(C(=O)N(C)c3ccccc3)c(=O)oc2c1. The standard InChI is InChI=1S/C21H22N2O3/c1-4-23(5-2)17-12-11-15-13-18(21(25)26-19(15)14-17)20(24)22(3)16-9-7-6-8-10-16/h6-14H,4-5H2,1-3H3. The first kappa shape index (κ1) is 17.7. The number of carbonyl (C=O) groups is 1. The van der Waals surface area contributed by atoms with Crippen molar-refractivity contribution in [2.24, 2.45) is 0 Å². The summed E-state index contributed by atoms with van der Waals surface area (Å²) < 4.78 is 5.45. The fraction of sp³-hybridized carbons (Fsp3) is 0.238. The van der Waals surface area contributed by atoms with E-state index in [2.05, 4.69) is 18.7 Å². The van der Waals surface area contributed by atoms with Crippen molar-refractivity contribution in [3.05, 3.63) is 70.6 Å². The van der Waals surface area contributed by atoms with Crippen LogP contribution in [0.3, 0.4) is 0 Å². The number of hydrogen-bond donors (Lipinski definition) is 0. The molecule has 0 fully saturated rings. The molecule has 5 nitrogen and oxygen atoms in total. The molecule has 26 heavy (non-hydrogen) atoms. The number of fused-ring (bicyclic) bond motifs is 1. The summed E-state index contributed by atoms with van der Waals surface area (Å²) in [5.41, 5.74) is 1.60. The number of benzene rings is 2. The molecule has 1 aromatic heterocycles. The summed E-state index contributed by atoms with van der Waals surface area (Å²) in [6, 6.07) is 16.5. The quantitative estimate of drug-likeness (QED) is 0.655. The monoisotopic (exact) mass is 350 g/mol. The molecule has 0 spiro atoms. The highest BCUT2D eigenvalue weighted by Gasteiger charge is 2.19. The van der Waals surface area contributed by atoms with Crippen molar-refractivity contribution >= 4 is 28.3 Å². The first-order valence-corrected chi connectivity index (χ1v) is 8.71. The molecular weight excluding hydrogens is 328 g/mol. The van der Waals surface area contributed by atoms with Gasteiger partial charge in [-0.3, -0.25) is 4.79 Å². The number of nitrogens with zero attached hydrogens (tertiary/aromatic N) is 2. The van der Waals surface area contributed by atoms with E-state index in [4.69, 9.17) is 4.42 Å². The van der Waals surface area contributed by atoms with Crippen molar-refractivity contribution in [3.8, 4) is 0 Å². The summed E-state index contributed by atoms with van der Waals surface area (Å²) >= 11 is 0. The van der Waals surface area contributed by atoms with Gasteiger partial charge in [-0.25, -0.2) is 4.79 Å². The highest BCUT2D eigenvalue weighted by atomic mass is 16.4. The lowest BCUT2D eigenvalue weighted by molar-refractivity contribution is 0.0989. The van der Waals surface area contributed by atoms with Gasteiger partial charge >= 0.3 is 5.63 Å². The molecule has 0 aliphatic rings. The van der Waals surface area contributed by atoms with Gasteiger partial charge in [-0.15, -0.1) is 0 Å². The molecule has 3 aromatic rings. The molecule has 0 aliphatic carbocycles. The van der Waals surface area contributed by atoms with Crippen LogP contribution in [0.1, 0.15) is 24.2 Å². The molecule has 0 saturated heterocycles.